The number of rotatable bonds is 8. The standard InChI is InChI=1S/C33H35N5O5S/c1-22-6-10-26(11-7-22)44(41,42)38-16-14-27-28(21-36(4)33(40)31(27)38)24-8-12-29-25(20-24)9-13-30(34-29)43-19-5-15-37-18-17-35(3)32(39)23(37)2/h6-14,16,20-21,23H,5,15,17-19H2,1-4H3/t23-/m1/s1. The van der Waals surface area contributed by atoms with Crippen molar-refractivity contribution in [3.63, 3.8) is 0 Å². The zero-order valence-electron chi connectivity index (χ0n) is 25.2. The van der Waals surface area contributed by atoms with Crippen molar-refractivity contribution in [2.24, 2.45) is 7.05 Å². The van der Waals surface area contributed by atoms with Gasteiger partial charge in [-0.25, -0.2) is 17.4 Å². The van der Waals surface area contributed by atoms with Crippen LogP contribution >= 0.6 is 0 Å². The summed E-state index contributed by atoms with van der Waals surface area (Å²) in [6.45, 7) is 6.69. The Bertz CT molecular complexity index is 2050. The molecule has 0 spiro atoms. The van der Waals surface area contributed by atoms with E-state index in [0.717, 1.165) is 57.6 Å². The van der Waals surface area contributed by atoms with Gasteiger partial charge in [0.2, 0.25) is 11.8 Å². The number of benzene rings is 2. The highest BCUT2D eigenvalue weighted by atomic mass is 32.2. The topological polar surface area (TPSA) is 107 Å². The lowest BCUT2D eigenvalue weighted by molar-refractivity contribution is -0.139. The molecule has 4 heterocycles. The van der Waals surface area contributed by atoms with Crippen molar-refractivity contribution in [3.8, 4) is 17.0 Å². The summed E-state index contributed by atoms with van der Waals surface area (Å²) >= 11 is 0. The van der Waals surface area contributed by atoms with E-state index in [1.165, 1.54) is 10.8 Å². The number of hydrogen-bond acceptors (Lipinski definition) is 7. The van der Waals surface area contributed by atoms with Crippen molar-refractivity contribution in [2.75, 3.05) is 33.3 Å². The van der Waals surface area contributed by atoms with Crippen molar-refractivity contribution in [2.45, 2.75) is 31.2 Å². The molecule has 228 valence electrons. The molecule has 11 heteroatoms. The number of likely N-dealkylation sites (N-methyl/N-ethyl adjacent to an activating group) is 1. The summed E-state index contributed by atoms with van der Waals surface area (Å²) in [6.07, 6.45) is 3.95. The van der Waals surface area contributed by atoms with Crippen molar-refractivity contribution < 1.29 is 17.9 Å². The molecule has 1 amide bonds. The first-order valence-corrected chi connectivity index (χ1v) is 16.0. The molecule has 0 radical (unpaired) electrons. The average molecular weight is 614 g/mol. The molecular formula is C33H35N5O5S. The van der Waals surface area contributed by atoms with E-state index in [2.05, 4.69) is 9.88 Å². The van der Waals surface area contributed by atoms with Crippen LogP contribution in [-0.4, -0.2) is 77.0 Å². The molecule has 3 aromatic heterocycles. The van der Waals surface area contributed by atoms with Gasteiger partial charge >= 0.3 is 0 Å². The number of ether oxygens (including phenoxy) is 1. The first-order chi connectivity index (χ1) is 21.0. The molecule has 0 bridgehead atoms. The lowest BCUT2D eigenvalue weighted by Crippen LogP contribution is -2.54. The Labute approximate surface area is 256 Å². The maximum Gasteiger partial charge on any atom is 0.275 e. The fourth-order valence-electron chi connectivity index (χ4n) is 5.75. The SMILES string of the molecule is Cc1ccc(S(=O)(=O)n2ccc3c(-c4ccc5nc(OCCCN6CCN(C)C(=O)[C@H]6C)ccc5c4)cn(C)c(=O)c32)cc1. The van der Waals surface area contributed by atoms with Gasteiger partial charge in [0.05, 0.1) is 23.1 Å². The van der Waals surface area contributed by atoms with E-state index < -0.39 is 15.6 Å². The maximum absolute atomic E-state index is 13.5. The molecule has 1 fully saturated rings. The van der Waals surface area contributed by atoms with Crippen LogP contribution in [0.2, 0.25) is 0 Å². The van der Waals surface area contributed by atoms with E-state index in [0.29, 0.717) is 17.9 Å². The molecule has 1 aliphatic heterocycles. The number of piperazine rings is 1. The molecule has 1 atom stereocenters. The zero-order chi connectivity index (χ0) is 31.2. The molecule has 0 aliphatic carbocycles. The largest absolute Gasteiger partial charge is 0.478 e. The van der Waals surface area contributed by atoms with E-state index in [4.69, 9.17) is 4.74 Å². The van der Waals surface area contributed by atoms with Gasteiger partial charge in [0.1, 0.15) is 5.52 Å². The molecule has 10 nitrogen and oxygen atoms in total. The van der Waals surface area contributed by atoms with Gasteiger partial charge in [-0.2, -0.15) is 0 Å². The van der Waals surface area contributed by atoms with Crippen LogP contribution in [0, 0.1) is 6.92 Å². The summed E-state index contributed by atoms with van der Waals surface area (Å²) in [4.78, 5) is 34.2. The maximum atomic E-state index is 13.5. The van der Waals surface area contributed by atoms with Gasteiger partial charge in [0.25, 0.3) is 15.6 Å². The van der Waals surface area contributed by atoms with E-state index in [9.17, 15) is 18.0 Å². The number of amides is 1. The summed E-state index contributed by atoms with van der Waals surface area (Å²) in [5.41, 5.74) is 2.96. The molecule has 2 aromatic carbocycles. The molecule has 1 aliphatic rings. The number of nitrogens with zero attached hydrogens (tertiary/aromatic N) is 5. The van der Waals surface area contributed by atoms with E-state index >= 15 is 0 Å². The predicted molar refractivity (Wildman–Crippen MR) is 170 cm³/mol. The van der Waals surface area contributed by atoms with Crippen LogP contribution in [0.4, 0.5) is 0 Å². The van der Waals surface area contributed by atoms with Crippen LogP contribution in [0.1, 0.15) is 18.9 Å². The average Bonchev–Trinajstić information content (AvgIpc) is 3.47. The second-order valence-corrected chi connectivity index (χ2v) is 13.2. The highest BCUT2D eigenvalue weighted by Gasteiger charge is 2.28. The van der Waals surface area contributed by atoms with Crippen LogP contribution < -0.4 is 10.3 Å². The quantitative estimate of drug-likeness (QED) is 0.243. The lowest BCUT2D eigenvalue weighted by atomic mass is 10.0. The summed E-state index contributed by atoms with van der Waals surface area (Å²) in [5, 5.41) is 1.43. The van der Waals surface area contributed by atoms with Crippen molar-refractivity contribution in [1.29, 1.82) is 0 Å². The van der Waals surface area contributed by atoms with Crippen LogP contribution in [0.3, 0.4) is 0 Å². The Morgan fingerprint density at radius 2 is 1.75 bits per heavy atom. The summed E-state index contributed by atoms with van der Waals surface area (Å²) in [6, 6.07) is 17.7. The predicted octanol–water partition coefficient (Wildman–Crippen LogP) is 4.03. The van der Waals surface area contributed by atoms with Gasteiger partial charge in [-0.05, 0) is 62.2 Å². The molecule has 0 N–H and O–H groups in total. The number of aryl methyl sites for hydroxylation is 2. The molecule has 44 heavy (non-hydrogen) atoms. The molecule has 1 saturated heterocycles. The van der Waals surface area contributed by atoms with Gasteiger partial charge in [-0.3, -0.25) is 14.5 Å². The highest BCUT2D eigenvalue weighted by molar-refractivity contribution is 7.90. The Morgan fingerprint density at radius 3 is 2.52 bits per heavy atom. The smallest absolute Gasteiger partial charge is 0.275 e. The lowest BCUT2D eigenvalue weighted by Gasteiger charge is -2.37. The molecule has 0 unspecified atom stereocenters. The minimum absolute atomic E-state index is 0.0999. The van der Waals surface area contributed by atoms with Gasteiger partial charge < -0.3 is 14.2 Å². The molecular weight excluding hydrogens is 578 g/mol. The summed E-state index contributed by atoms with van der Waals surface area (Å²) < 4.78 is 35.5. The number of carbonyl (C=O) groups excluding carboxylic acids is 1. The number of pyridine rings is 2. The normalized spacial score (nSPS) is 16.2. The highest BCUT2D eigenvalue weighted by Crippen LogP contribution is 2.31. The van der Waals surface area contributed by atoms with Crippen molar-refractivity contribution in [1.82, 2.24) is 23.3 Å². The van der Waals surface area contributed by atoms with E-state index in [-0.39, 0.29) is 22.4 Å². The third-order valence-electron chi connectivity index (χ3n) is 8.38. The monoisotopic (exact) mass is 613 g/mol. The minimum atomic E-state index is -3.98. The molecule has 5 aromatic rings. The van der Waals surface area contributed by atoms with E-state index in [1.807, 2.05) is 51.2 Å². The van der Waals surface area contributed by atoms with Gasteiger partial charge in [-0.15, -0.1) is 0 Å². The zero-order valence-corrected chi connectivity index (χ0v) is 26.0. The van der Waals surface area contributed by atoms with E-state index in [1.54, 1.807) is 48.5 Å². The van der Waals surface area contributed by atoms with Crippen LogP contribution in [-0.2, 0) is 21.9 Å². The number of aromatic nitrogens is 3. The Balaban J connectivity index is 1.23. The fourth-order valence-corrected chi connectivity index (χ4v) is 7.09. The third-order valence-corrected chi connectivity index (χ3v) is 10.1. The number of hydrogen-bond donors (Lipinski definition) is 0. The second-order valence-electron chi connectivity index (χ2n) is 11.4. The third kappa shape index (κ3) is 5.37. The van der Waals surface area contributed by atoms with Crippen molar-refractivity contribution in [3.05, 3.63) is 89.0 Å². The van der Waals surface area contributed by atoms with Gasteiger partial charge in [-0.1, -0.05) is 23.8 Å². The Kier molecular flexibility index (Phi) is 7.77. The van der Waals surface area contributed by atoms with Gasteiger partial charge in [0, 0.05) is 68.5 Å². The Morgan fingerprint density at radius 1 is 0.977 bits per heavy atom. The second kappa shape index (κ2) is 11.5. The molecule has 6 rings (SSSR count). The number of carbonyl (C=O) groups is 1. The summed E-state index contributed by atoms with van der Waals surface area (Å²) in [5.74, 6) is 0.673. The van der Waals surface area contributed by atoms with Gasteiger partial charge in [0.15, 0.2) is 0 Å². The fraction of sp³-hybridized carbons (Fsp3) is 0.303. The van der Waals surface area contributed by atoms with Crippen LogP contribution in [0.15, 0.2) is 82.7 Å². The first kappa shape index (κ1) is 29.6. The minimum Gasteiger partial charge on any atom is -0.478 e. The summed E-state index contributed by atoms with van der Waals surface area (Å²) in [7, 11) is -0.519. The van der Waals surface area contributed by atoms with Crippen molar-refractivity contribution >= 4 is 37.7 Å². The van der Waals surface area contributed by atoms with Crippen LogP contribution in [0.5, 0.6) is 5.88 Å². The first-order valence-electron chi connectivity index (χ1n) is 14.6. The molecule has 0 saturated carbocycles. The van der Waals surface area contributed by atoms with Crippen LogP contribution in [0.25, 0.3) is 32.9 Å². The Hall–Kier alpha value is -4.48. The number of fused-ring (bicyclic) bond motifs is 2.